The predicted molar refractivity (Wildman–Crippen MR) is 61.9 cm³/mol. The summed E-state index contributed by atoms with van der Waals surface area (Å²) in [7, 11) is 0. The fourth-order valence-electron chi connectivity index (χ4n) is 1.44. The van der Waals surface area contributed by atoms with E-state index < -0.39 is 11.7 Å². The van der Waals surface area contributed by atoms with Crippen molar-refractivity contribution in [1.29, 1.82) is 0 Å². The molecule has 0 aliphatic rings. The minimum atomic E-state index is -4.28. The van der Waals surface area contributed by atoms with Crippen molar-refractivity contribution < 1.29 is 13.2 Å². The van der Waals surface area contributed by atoms with Gasteiger partial charge < -0.3 is 0 Å². The van der Waals surface area contributed by atoms with Crippen LogP contribution in [0.3, 0.4) is 0 Å². The molecule has 0 saturated heterocycles. The molecule has 0 amide bonds. The standard InChI is InChI=1S/C12H10F3NS/c1-2-11-16-10(7-17-11)8-3-5-9(6-4-8)12(13,14)15/h3-7H,2H2,1H3. The summed E-state index contributed by atoms with van der Waals surface area (Å²) >= 11 is 1.52. The van der Waals surface area contributed by atoms with Gasteiger partial charge in [0.15, 0.2) is 0 Å². The number of aromatic nitrogens is 1. The van der Waals surface area contributed by atoms with Crippen LogP contribution < -0.4 is 0 Å². The molecular weight excluding hydrogens is 247 g/mol. The van der Waals surface area contributed by atoms with Crippen LogP contribution in [0.25, 0.3) is 11.3 Å². The number of thiazole rings is 1. The third-order valence-corrected chi connectivity index (χ3v) is 3.36. The molecular formula is C12H10F3NS. The molecule has 0 atom stereocenters. The lowest BCUT2D eigenvalue weighted by Crippen LogP contribution is -2.03. The second kappa shape index (κ2) is 4.49. The van der Waals surface area contributed by atoms with Gasteiger partial charge in [0, 0.05) is 10.9 Å². The van der Waals surface area contributed by atoms with Gasteiger partial charge in [-0.25, -0.2) is 4.98 Å². The van der Waals surface area contributed by atoms with Crippen LogP contribution in [0.15, 0.2) is 29.6 Å². The molecule has 0 fully saturated rings. The van der Waals surface area contributed by atoms with Gasteiger partial charge in [-0.3, -0.25) is 0 Å². The molecule has 0 radical (unpaired) electrons. The summed E-state index contributed by atoms with van der Waals surface area (Å²) in [6, 6.07) is 5.08. The monoisotopic (exact) mass is 257 g/mol. The lowest BCUT2D eigenvalue weighted by molar-refractivity contribution is -0.137. The summed E-state index contributed by atoms with van der Waals surface area (Å²) in [4.78, 5) is 4.33. The van der Waals surface area contributed by atoms with E-state index >= 15 is 0 Å². The zero-order chi connectivity index (χ0) is 12.5. The molecule has 1 heterocycles. The van der Waals surface area contributed by atoms with Crippen LogP contribution in [0.4, 0.5) is 13.2 Å². The number of aryl methyl sites for hydroxylation is 1. The average Bonchev–Trinajstić information content (AvgIpc) is 2.76. The van der Waals surface area contributed by atoms with Crippen LogP contribution >= 0.6 is 11.3 Å². The molecule has 1 aromatic heterocycles. The highest BCUT2D eigenvalue weighted by Crippen LogP contribution is 2.31. The Bertz CT molecular complexity index is 499. The first-order valence-electron chi connectivity index (χ1n) is 5.12. The van der Waals surface area contributed by atoms with Crippen molar-refractivity contribution in [2.24, 2.45) is 0 Å². The van der Waals surface area contributed by atoms with Gasteiger partial charge in [-0.2, -0.15) is 13.2 Å². The van der Waals surface area contributed by atoms with E-state index in [1.54, 1.807) is 0 Å². The molecule has 90 valence electrons. The Hall–Kier alpha value is -1.36. The van der Waals surface area contributed by atoms with E-state index in [1.165, 1.54) is 23.5 Å². The zero-order valence-corrected chi connectivity index (χ0v) is 9.90. The lowest BCUT2D eigenvalue weighted by Gasteiger charge is -2.06. The van der Waals surface area contributed by atoms with E-state index in [2.05, 4.69) is 4.98 Å². The number of nitrogens with zero attached hydrogens (tertiary/aromatic N) is 1. The van der Waals surface area contributed by atoms with Crippen molar-refractivity contribution in [3.05, 3.63) is 40.2 Å². The second-order valence-corrected chi connectivity index (χ2v) is 4.50. The molecule has 17 heavy (non-hydrogen) atoms. The van der Waals surface area contributed by atoms with Crippen LogP contribution in [0, 0.1) is 0 Å². The van der Waals surface area contributed by atoms with E-state index in [0.717, 1.165) is 29.3 Å². The Balaban J connectivity index is 2.29. The van der Waals surface area contributed by atoms with Crippen molar-refractivity contribution in [3.63, 3.8) is 0 Å². The van der Waals surface area contributed by atoms with Gasteiger partial charge in [-0.15, -0.1) is 11.3 Å². The SMILES string of the molecule is CCc1nc(-c2ccc(C(F)(F)F)cc2)cs1. The molecule has 0 spiro atoms. The molecule has 0 N–H and O–H groups in total. The van der Waals surface area contributed by atoms with E-state index in [-0.39, 0.29) is 0 Å². The highest BCUT2D eigenvalue weighted by Gasteiger charge is 2.29. The van der Waals surface area contributed by atoms with Crippen molar-refractivity contribution in [3.8, 4) is 11.3 Å². The molecule has 0 aliphatic heterocycles. The van der Waals surface area contributed by atoms with Crippen molar-refractivity contribution in [2.75, 3.05) is 0 Å². The van der Waals surface area contributed by atoms with E-state index in [1.807, 2.05) is 12.3 Å². The maximum Gasteiger partial charge on any atom is 0.416 e. The minimum absolute atomic E-state index is 0.632. The maximum absolute atomic E-state index is 12.4. The molecule has 0 unspecified atom stereocenters. The van der Waals surface area contributed by atoms with Crippen LogP contribution in [0.5, 0.6) is 0 Å². The highest BCUT2D eigenvalue weighted by molar-refractivity contribution is 7.09. The number of alkyl halides is 3. The molecule has 0 saturated carbocycles. The van der Waals surface area contributed by atoms with Gasteiger partial charge in [0.05, 0.1) is 16.3 Å². The fraction of sp³-hybridized carbons (Fsp3) is 0.250. The first-order valence-corrected chi connectivity index (χ1v) is 6.00. The Morgan fingerprint density at radius 3 is 2.29 bits per heavy atom. The molecule has 2 aromatic rings. The Labute approximate surface area is 101 Å². The van der Waals surface area contributed by atoms with E-state index in [9.17, 15) is 13.2 Å². The van der Waals surface area contributed by atoms with Crippen LogP contribution in [-0.2, 0) is 12.6 Å². The number of hydrogen-bond donors (Lipinski definition) is 0. The fourth-order valence-corrected chi connectivity index (χ4v) is 2.19. The number of hydrogen-bond acceptors (Lipinski definition) is 2. The quantitative estimate of drug-likeness (QED) is 0.777. The first-order chi connectivity index (χ1) is 8.00. The zero-order valence-electron chi connectivity index (χ0n) is 9.08. The summed E-state index contributed by atoms with van der Waals surface area (Å²) in [5.74, 6) is 0. The number of halogens is 3. The molecule has 0 aliphatic carbocycles. The third kappa shape index (κ3) is 2.66. The average molecular weight is 257 g/mol. The Morgan fingerprint density at radius 1 is 1.18 bits per heavy atom. The Morgan fingerprint density at radius 2 is 1.82 bits per heavy atom. The van der Waals surface area contributed by atoms with Crippen molar-refractivity contribution in [1.82, 2.24) is 4.98 Å². The number of benzene rings is 1. The van der Waals surface area contributed by atoms with E-state index in [4.69, 9.17) is 0 Å². The van der Waals surface area contributed by atoms with Gasteiger partial charge >= 0.3 is 6.18 Å². The van der Waals surface area contributed by atoms with Gasteiger partial charge in [0.2, 0.25) is 0 Å². The highest BCUT2D eigenvalue weighted by atomic mass is 32.1. The molecule has 5 heteroatoms. The topological polar surface area (TPSA) is 12.9 Å². The first kappa shape index (κ1) is 12.1. The molecule has 1 nitrogen and oxygen atoms in total. The van der Waals surface area contributed by atoms with Crippen molar-refractivity contribution in [2.45, 2.75) is 19.5 Å². The number of rotatable bonds is 2. The predicted octanol–water partition coefficient (Wildman–Crippen LogP) is 4.39. The summed E-state index contributed by atoms with van der Waals surface area (Å²) in [5.41, 5.74) is 0.821. The van der Waals surface area contributed by atoms with Gasteiger partial charge in [-0.1, -0.05) is 19.1 Å². The van der Waals surface area contributed by atoms with Crippen molar-refractivity contribution >= 4 is 11.3 Å². The normalized spacial score (nSPS) is 11.8. The Kier molecular flexibility index (Phi) is 3.19. The van der Waals surface area contributed by atoms with Crippen LogP contribution in [0.2, 0.25) is 0 Å². The minimum Gasteiger partial charge on any atom is -0.241 e. The smallest absolute Gasteiger partial charge is 0.241 e. The maximum atomic E-state index is 12.4. The van der Waals surface area contributed by atoms with Gasteiger partial charge in [0.25, 0.3) is 0 Å². The molecule has 1 aromatic carbocycles. The third-order valence-electron chi connectivity index (χ3n) is 2.36. The van der Waals surface area contributed by atoms with Crippen LogP contribution in [-0.4, -0.2) is 4.98 Å². The lowest BCUT2D eigenvalue weighted by atomic mass is 10.1. The summed E-state index contributed by atoms with van der Waals surface area (Å²) in [6.45, 7) is 2.00. The van der Waals surface area contributed by atoms with Gasteiger partial charge in [0.1, 0.15) is 0 Å². The van der Waals surface area contributed by atoms with Crippen LogP contribution in [0.1, 0.15) is 17.5 Å². The summed E-state index contributed by atoms with van der Waals surface area (Å²) in [6.07, 6.45) is -3.44. The van der Waals surface area contributed by atoms with E-state index in [0.29, 0.717) is 5.56 Å². The second-order valence-electron chi connectivity index (χ2n) is 3.56. The summed E-state index contributed by atoms with van der Waals surface area (Å²) < 4.78 is 37.1. The molecule has 2 rings (SSSR count). The summed E-state index contributed by atoms with van der Waals surface area (Å²) in [5, 5.41) is 2.85. The van der Waals surface area contributed by atoms with Gasteiger partial charge in [-0.05, 0) is 18.6 Å². The molecule has 0 bridgehead atoms. The largest absolute Gasteiger partial charge is 0.416 e.